The summed E-state index contributed by atoms with van der Waals surface area (Å²) in [5, 5.41) is 0. The number of methoxy groups -OCH3 is 1. The topological polar surface area (TPSA) is 85.8 Å². The Morgan fingerprint density at radius 1 is 1.11 bits per heavy atom. The van der Waals surface area contributed by atoms with Gasteiger partial charge in [0.05, 0.1) is 25.8 Å². The summed E-state index contributed by atoms with van der Waals surface area (Å²) in [4.78, 5) is 30.3. The molecule has 2 aromatic heterocycles. The number of aromatic nitrogens is 1. The molecule has 0 unspecified atom stereocenters. The number of furan rings is 1. The number of rotatable bonds is 6. The maximum absolute atomic E-state index is 12.6. The molecular weight excluding hydrogens is 360 g/mol. The third kappa shape index (κ3) is 4.14. The zero-order valence-corrected chi connectivity index (χ0v) is 16.3. The number of ether oxygens (including phenoxy) is 1. The van der Waals surface area contributed by atoms with Crippen LogP contribution in [-0.2, 0) is 22.5 Å². The van der Waals surface area contributed by atoms with Crippen LogP contribution in [0.25, 0.3) is 11.5 Å². The molecule has 0 atom stereocenters. The average molecular weight is 382 g/mol. The molecule has 28 heavy (non-hydrogen) atoms. The van der Waals surface area contributed by atoms with Crippen molar-refractivity contribution in [1.82, 2.24) is 9.88 Å². The molecule has 3 rings (SSSR count). The first-order valence-electron chi connectivity index (χ1n) is 8.82. The molecule has 0 N–H and O–H groups in total. The van der Waals surface area contributed by atoms with Gasteiger partial charge in [0.1, 0.15) is 22.8 Å². The van der Waals surface area contributed by atoms with E-state index in [0.29, 0.717) is 34.4 Å². The fourth-order valence-corrected chi connectivity index (χ4v) is 2.83. The van der Waals surface area contributed by atoms with Crippen molar-refractivity contribution >= 4 is 11.9 Å². The number of esters is 1. The van der Waals surface area contributed by atoms with Gasteiger partial charge >= 0.3 is 5.97 Å². The molecule has 1 amide bonds. The second-order valence-electron chi connectivity index (χ2n) is 6.49. The predicted molar refractivity (Wildman–Crippen MR) is 102 cm³/mol. The van der Waals surface area contributed by atoms with E-state index in [0.717, 1.165) is 5.56 Å². The number of carbonyl (C=O) groups excluding carboxylic acids is 2. The van der Waals surface area contributed by atoms with Crippen LogP contribution < -0.4 is 0 Å². The summed E-state index contributed by atoms with van der Waals surface area (Å²) in [6, 6.07) is 11.1. The van der Waals surface area contributed by atoms with E-state index in [-0.39, 0.29) is 18.9 Å². The summed E-state index contributed by atoms with van der Waals surface area (Å²) in [6.45, 7) is 3.71. The highest BCUT2D eigenvalue weighted by atomic mass is 16.5. The molecule has 3 aromatic rings. The Balaban J connectivity index is 1.68. The number of amides is 1. The first kappa shape index (κ1) is 19.4. The van der Waals surface area contributed by atoms with E-state index < -0.39 is 5.97 Å². The summed E-state index contributed by atoms with van der Waals surface area (Å²) in [5.41, 5.74) is 1.82. The van der Waals surface area contributed by atoms with Crippen LogP contribution >= 0.6 is 0 Å². The van der Waals surface area contributed by atoms with Gasteiger partial charge in [0, 0.05) is 12.6 Å². The van der Waals surface area contributed by atoms with Crippen molar-refractivity contribution in [3.8, 4) is 11.5 Å². The van der Waals surface area contributed by atoms with Crippen LogP contribution in [0.5, 0.6) is 0 Å². The van der Waals surface area contributed by atoms with E-state index in [4.69, 9.17) is 13.6 Å². The molecule has 0 aliphatic heterocycles. The van der Waals surface area contributed by atoms with E-state index >= 15 is 0 Å². The molecule has 7 nitrogen and oxygen atoms in total. The molecule has 0 spiro atoms. The number of hydrogen-bond acceptors (Lipinski definition) is 6. The molecule has 0 radical (unpaired) electrons. The zero-order valence-electron chi connectivity index (χ0n) is 16.3. The number of carbonyl (C=O) groups is 2. The summed E-state index contributed by atoms with van der Waals surface area (Å²) in [5.74, 6) is 1.48. The fraction of sp³-hybridized carbons (Fsp3) is 0.286. The number of hydrogen-bond donors (Lipinski definition) is 0. The van der Waals surface area contributed by atoms with Gasteiger partial charge in [-0.15, -0.1) is 0 Å². The van der Waals surface area contributed by atoms with E-state index in [1.165, 1.54) is 12.0 Å². The van der Waals surface area contributed by atoms with Crippen molar-refractivity contribution in [3.63, 3.8) is 0 Å². The standard InChI is InChI=1S/C21H22N2O5/c1-13-17(21(25)26-4)10-16(27-13)12-23(3)19(24)11-18-14(2)28-20(22-18)15-8-6-5-7-9-15/h5-10H,11-12H2,1-4H3. The van der Waals surface area contributed by atoms with Crippen molar-refractivity contribution in [3.05, 3.63) is 64.9 Å². The highest BCUT2D eigenvalue weighted by Crippen LogP contribution is 2.22. The lowest BCUT2D eigenvalue weighted by molar-refractivity contribution is -0.130. The van der Waals surface area contributed by atoms with Crippen LogP contribution in [0.1, 0.15) is 33.3 Å². The van der Waals surface area contributed by atoms with Crippen molar-refractivity contribution in [1.29, 1.82) is 0 Å². The van der Waals surface area contributed by atoms with Crippen molar-refractivity contribution in [2.24, 2.45) is 0 Å². The third-order valence-corrected chi connectivity index (χ3v) is 4.42. The van der Waals surface area contributed by atoms with E-state index in [2.05, 4.69) is 4.98 Å². The Morgan fingerprint density at radius 3 is 2.50 bits per heavy atom. The summed E-state index contributed by atoms with van der Waals surface area (Å²) in [6.07, 6.45) is 0.113. The Hall–Kier alpha value is -3.35. The number of nitrogens with zero attached hydrogens (tertiary/aromatic N) is 2. The largest absolute Gasteiger partial charge is 0.465 e. The molecule has 0 saturated carbocycles. The minimum absolute atomic E-state index is 0.113. The first-order chi connectivity index (χ1) is 13.4. The Labute approximate surface area is 162 Å². The minimum atomic E-state index is -0.465. The molecule has 2 heterocycles. The van der Waals surface area contributed by atoms with Gasteiger partial charge in [0.25, 0.3) is 0 Å². The molecule has 1 aromatic carbocycles. The molecule has 0 saturated heterocycles. The van der Waals surface area contributed by atoms with Gasteiger partial charge in [0.2, 0.25) is 11.8 Å². The quantitative estimate of drug-likeness (QED) is 0.606. The smallest absolute Gasteiger partial charge is 0.341 e. The average Bonchev–Trinajstić information content (AvgIpc) is 3.24. The van der Waals surface area contributed by atoms with Crippen molar-refractivity contribution < 1.29 is 23.2 Å². The Bertz CT molecular complexity index is 988. The number of benzene rings is 1. The summed E-state index contributed by atoms with van der Waals surface area (Å²) >= 11 is 0. The summed E-state index contributed by atoms with van der Waals surface area (Å²) < 4.78 is 16.0. The Morgan fingerprint density at radius 2 is 1.82 bits per heavy atom. The van der Waals surface area contributed by atoms with Gasteiger partial charge in [-0.1, -0.05) is 18.2 Å². The molecule has 146 valence electrons. The molecule has 0 bridgehead atoms. The van der Waals surface area contributed by atoms with Gasteiger partial charge in [-0.3, -0.25) is 4.79 Å². The minimum Gasteiger partial charge on any atom is -0.465 e. The maximum atomic E-state index is 12.6. The fourth-order valence-electron chi connectivity index (χ4n) is 2.83. The highest BCUT2D eigenvalue weighted by Gasteiger charge is 2.20. The van der Waals surface area contributed by atoms with Crippen LogP contribution in [0, 0.1) is 13.8 Å². The molecule has 0 aliphatic carbocycles. The molecule has 7 heteroatoms. The van der Waals surface area contributed by atoms with Gasteiger partial charge in [-0.05, 0) is 32.0 Å². The van der Waals surface area contributed by atoms with E-state index in [1.807, 2.05) is 30.3 Å². The van der Waals surface area contributed by atoms with Crippen LogP contribution in [0.15, 0.2) is 45.2 Å². The normalized spacial score (nSPS) is 10.7. The molecule has 0 aliphatic rings. The van der Waals surface area contributed by atoms with Gasteiger partial charge in [-0.25, -0.2) is 9.78 Å². The first-order valence-corrected chi connectivity index (χ1v) is 8.82. The van der Waals surface area contributed by atoms with E-state index in [9.17, 15) is 9.59 Å². The third-order valence-electron chi connectivity index (χ3n) is 4.42. The lowest BCUT2D eigenvalue weighted by Gasteiger charge is -2.15. The predicted octanol–water partition coefficient (Wildman–Crippen LogP) is 3.54. The Kier molecular flexibility index (Phi) is 5.63. The van der Waals surface area contributed by atoms with Crippen LogP contribution in [-0.4, -0.2) is 35.9 Å². The second kappa shape index (κ2) is 8.12. The van der Waals surface area contributed by atoms with Crippen LogP contribution in [0.2, 0.25) is 0 Å². The van der Waals surface area contributed by atoms with Gasteiger partial charge < -0.3 is 18.5 Å². The monoisotopic (exact) mass is 382 g/mol. The van der Waals surface area contributed by atoms with E-state index in [1.54, 1.807) is 27.0 Å². The van der Waals surface area contributed by atoms with Gasteiger partial charge in [-0.2, -0.15) is 0 Å². The van der Waals surface area contributed by atoms with Crippen LogP contribution in [0.3, 0.4) is 0 Å². The number of oxazole rings is 1. The maximum Gasteiger partial charge on any atom is 0.341 e. The van der Waals surface area contributed by atoms with Crippen LogP contribution in [0.4, 0.5) is 0 Å². The zero-order chi connectivity index (χ0) is 20.3. The number of aryl methyl sites for hydroxylation is 2. The van der Waals surface area contributed by atoms with Crippen molar-refractivity contribution in [2.45, 2.75) is 26.8 Å². The van der Waals surface area contributed by atoms with Gasteiger partial charge in [0.15, 0.2) is 0 Å². The molecule has 0 fully saturated rings. The molecular formula is C21H22N2O5. The summed E-state index contributed by atoms with van der Waals surface area (Å²) in [7, 11) is 2.99. The van der Waals surface area contributed by atoms with Crippen molar-refractivity contribution in [2.75, 3.05) is 14.2 Å². The lowest BCUT2D eigenvalue weighted by Crippen LogP contribution is -2.27. The number of likely N-dealkylation sites (N-methyl/N-ethyl adjacent to an activating group) is 1. The lowest BCUT2D eigenvalue weighted by atomic mass is 10.2. The highest BCUT2D eigenvalue weighted by molar-refractivity contribution is 5.90. The SMILES string of the molecule is COC(=O)c1cc(CN(C)C(=O)Cc2nc(-c3ccccc3)oc2C)oc1C. The second-order valence-corrected chi connectivity index (χ2v) is 6.49.